The number of benzene rings is 1. The Morgan fingerprint density at radius 2 is 1.82 bits per heavy atom. The van der Waals surface area contributed by atoms with Gasteiger partial charge in [-0.1, -0.05) is 32.9 Å². The molecule has 1 amide bonds. The van der Waals surface area contributed by atoms with E-state index < -0.39 is 75.6 Å². The van der Waals surface area contributed by atoms with Crippen LogP contribution in [0.5, 0.6) is 5.75 Å². The quantitative estimate of drug-likeness (QED) is 0.254. The molecule has 0 fully saturated rings. The highest BCUT2D eigenvalue weighted by atomic mass is 16.4. The van der Waals surface area contributed by atoms with Crippen molar-refractivity contribution < 1.29 is 39.9 Å². The van der Waals surface area contributed by atoms with Gasteiger partial charge in [-0.15, -0.1) is 0 Å². The maximum absolute atomic E-state index is 13.8. The molecule has 11 heteroatoms. The van der Waals surface area contributed by atoms with E-state index in [2.05, 4.69) is 5.32 Å². The predicted molar refractivity (Wildman–Crippen MR) is 136 cm³/mol. The number of carbonyl (C=O) groups is 3. The monoisotopic (exact) mass is 529 g/mol. The zero-order valence-corrected chi connectivity index (χ0v) is 22.0. The fourth-order valence-corrected chi connectivity index (χ4v) is 6.30. The van der Waals surface area contributed by atoms with Gasteiger partial charge in [0.15, 0.2) is 11.4 Å². The van der Waals surface area contributed by atoms with Crippen LogP contribution in [0.15, 0.2) is 34.8 Å². The molecule has 0 saturated carbocycles. The topological polar surface area (TPSA) is 194 Å². The highest BCUT2D eigenvalue weighted by Gasteiger charge is 2.67. The first-order valence-corrected chi connectivity index (χ1v) is 12.6. The Hall–Kier alpha value is -3.25. The van der Waals surface area contributed by atoms with E-state index in [0.717, 1.165) is 0 Å². The van der Waals surface area contributed by atoms with Crippen molar-refractivity contribution in [2.75, 3.05) is 20.6 Å². The summed E-state index contributed by atoms with van der Waals surface area (Å²) >= 11 is 0. The average molecular weight is 530 g/mol. The number of phenolic OH excluding ortho intramolecular Hbond substituents is 1. The Morgan fingerprint density at radius 3 is 2.37 bits per heavy atom. The molecular formula is C27H35N3O8. The van der Waals surface area contributed by atoms with Crippen molar-refractivity contribution in [3.63, 3.8) is 0 Å². The van der Waals surface area contributed by atoms with Gasteiger partial charge in [-0.3, -0.25) is 19.3 Å². The zero-order valence-electron chi connectivity index (χ0n) is 22.0. The molecule has 3 aliphatic carbocycles. The van der Waals surface area contributed by atoms with Crippen molar-refractivity contribution in [1.29, 1.82) is 0 Å². The number of hydrogen-bond acceptors (Lipinski definition) is 10. The van der Waals surface area contributed by atoms with Crippen LogP contribution in [-0.4, -0.2) is 86.3 Å². The summed E-state index contributed by atoms with van der Waals surface area (Å²) < 4.78 is 0. The summed E-state index contributed by atoms with van der Waals surface area (Å²) in [4.78, 5) is 40.7. The smallest absolute Gasteiger partial charge is 0.255 e. The molecule has 0 spiro atoms. The lowest BCUT2D eigenvalue weighted by atomic mass is 9.55. The second kappa shape index (κ2) is 9.49. The number of amides is 1. The van der Waals surface area contributed by atoms with E-state index in [1.54, 1.807) is 19.1 Å². The van der Waals surface area contributed by atoms with Crippen LogP contribution in [0.3, 0.4) is 0 Å². The van der Waals surface area contributed by atoms with E-state index >= 15 is 0 Å². The summed E-state index contributed by atoms with van der Waals surface area (Å²) in [6, 6.07) is 2.08. The molecule has 6 atom stereocenters. The van der Waals surface area contributed by atoms with Crippen LogP contribution in [0.4, 0.5) is 0 Å². The van der Waals surface area contributed by atoms with Crippen LogP contribution < -0.4 is 11.1 Å². The third-order valence-corrected chi connectivity index (χ3v) is 8.08. The molecule has 0 aliphatic heterocycles. The van der Waals surface area contributed by atoms with Crippen LogP contribution in [-0.2, 0) is 16.1 Å². The number of aliphatic hydroxyl groups excluding tert-OH is 3. The number of ketones is 2. The van der Waals surface area contributed by atoms with Crippen molar-refractivity contribution in [1.82, 2.24) is 10.2 Å². The maximum atomic E-state index is 13.8. The van der Waals surface area contributed by atoms with Gasteiger partial charge in [-0.2, -0.15) is 0 Å². The van der Waals surface area contributed by atoms with Gasteiger partial charge in [-0.25, -0.2) is 0 Å². The number of rotatable bonds is 6. The SMILES string of the molecule is CC(C)CNCc1ccc2c(c1O)C(=O)C1=C(O)[C@]3(O)C(=O)C(C(N)=O)=C(O)[C@@H](N(C)C)[C@@H]3[C@@H](O)[C@@H]1[C@H]2C. The van der Waals surface area contributed by atoms with Crippen LogP contribution >= 0.6 is 0 Å². The van der Waals surface area contributed by atoms with Gasteiger partial charge in [-0.05, 0) is 38.0 Å². The van der Waals surface area contributed by atoms with Crippen LogP contribution in [0.25, 0.3) is 0 Å². The highest BCUT2D eigenvalue weighted by molar-refractivity contribution is 6.25. The van der Waals surface area contributed by atoms with E-state index in [0.29, 0.717) is 23.6 Å². The first kappa shape index (κ1) is 27.8. The van der Waals surface area contributed by atoms with Crippen LogP contribution in [0, 0.1) is 17.8 Å². The van der Waals surface area contributed by atoms with E-state index in [9.17, 15) is 39.9 Å². The number of nitrogens with two attached hydrogens (primary N) is 1. The molecule has 206 valence electrons. The third kappa shape index (κ3) is 3.76. The highest BCUT2D eigenvalue weighted by Crippen LogP contribution is 2.55. The number of phenols is 1. The second-order valence-corrected chi connectivity index (χ2v) is 11.1. The zero-order chi connectivity index (χ0) is 28.4. The normalized spacial score (nSPS) is 31.0. The lowest BCUT2D eigenvalue weighted by molar-refractivity contribution is -0.162. The van der Waals surface area contributed by atoms with Crippen molar-refractivity contribution in [3.8, 4) is 5.75 Å². The van der Waals surface area contributed by atoms with E-state index in [-0.39, 0.29) is 17.9 Å². The number of likely N-dealkylation sites (N-methyl/N-ethyl adjacent to an activating group) is 1. The molecule has 0 radical (unpaired) electrons. The lowest BCUT2D eigenvalue weighted by Gasteiger charge is -2.53. The van der Waals surface area contributed by atoms with E-state index in [4.69, 9.17) is 5.73 Å². The number of nitrogens with one attached hydrogen (secondary N) is 1. The average Bonchev–Trinajstić information content (AvgIpc) is 2.82. The van der Waals surface area contributed by atoms with Crippen molar-refractivity contribution in [2.45, 2.75) is 51.0 Å². The Labute approximate surface area is 220 Å². The largest absolute Gasteiger partial charge is 0.510 e. The van der Waals surface area contributed by atoms with Crippen LogP contribution in [0.1, 0.15) is 48.2 Å². The maximum Gasteiger partial charge on any atom is 0.255 e. The first-order valence-electron chi connectivity index (χ1n) is 12.6. The number of aliphatic hydroxyl groups is 4. The van der Waals surface area contributed by atoms with E-state index in [1.165, 1.54) is 19.0 Å². The Balaban J connectivity index is 1.93. The first-order chi connectivity index (χ1) is 17.7. The number of primary amides is 1. The number of carbonyl (C=O) groups excluding carboxylic acids is 3. The number of fused-ring (bicyclic) bond motifs is 3. The van der Waals surface area contributed by atoms with Gasteiger partial charge in [0.2, 0.25) is 5.78 Å². The number of hydrogen-bond donors (Lipinski definition) is 7. The number of aromatic hydroxyl groups is 1. The molecule has 0 aromatic heterocycles. The summed E-state index contributed by atoms with van der Waals surface area (Å²) in [6.07, 6.45) is -1.61. The summed E-state index contributed by atoms with van der Waals surface area (Å²) in [6.45, 7) is 6.70. The molecule has 0 heterocycles. The molecule has 1 aromatic carbocycles. The molecule has 0 unspecified atom stereocenters. The number of nitrogens with zero attached hydrogens (tertiary/aromatic N) is 1. The molecule has 11 nitrogen and oxygen atoms in total. The summed E-state index contributed by atoms with van der Waals surface area (Å²) in [7, 11) is 2.99. The fraction of sp³-hybridized carbons (Fsp3) is 0.519. The van der Waals surface area contributed by atoms with Gasteiger partial charge in [0.05, 0.1) is 23.6 Å². The van der Waals surface area contributed by atoms with Gasteiger partial charge in [0.1, 0.15) is 22.8 Å². The third-order valence-electron chi connectivity index (χ3n) is 8.08. The Morgan fingerprint density at radius 1 is 1.18 bits per heavy atom. The number of Topliss-reactive ketones (excluding diaryl/α,β-unsaturated/α-hetero) is 2. The van der Waals surface area contributed by atoms with Crippen molar-refractivity contribution in [3.05, 3.63) is 51.5 Å². The van der Waals surface area contributed by atoms with Gasteiger partial charge < -0.3 is 36.6 Å². The molecule has 38 heavy (non-hydrogen) atoms. The standard InChI is InChI=1S/C27H35N3O8/c1-10(2)8-29-9-12-6-7-13-11(3)14-16(21(32)15(13)20(12)31)24(35)27(38)18(22(14)33)19(30(4)5)23(34)17(25(27)36)26(28)37/h6-7,10-11,14,18-19,22,29,31,33-35,38H,8-9H2,1-5H3,(H2,28,37)/t11-,14+,18+,19-,22-,27-/m0/s1. The molecular weight excluding hydrogens is 494 g/mol. The minimum absolute atomic E-state index is 0.0886. The van der Waals surface area contributed by atoms with Gasteiger partial charge in [0, 0.05) is 23.6 Å². The van der Waals surface area contributed by atoms with Crippen molar-refractivity contribution >= 4 is 17.5 Å². The Kier molecular flexibility index (Phi) is 6.94. The Bertz CT molecular complexity index is 1280. The van der Waals surface area contributed by atoms with E-state index in [1.807, 2.05) is 13.8 Å². The van der Waals surface area contributed by atoms with Crippen LogP contribution in [0.2, 0.25) is 0 Å². The molecule has 3 aliphatic rings. The summed E-state index contributed by atoms with van der Waals surface area (Å²) in [5.74, 6) is -8.53. The fourth-order valence-electron chi connectivity index (χ4n) is 6.30. The molecule has 0 bridgehead atoms. The summed E-state index contributed by atoms with van der Waals surface area (Å²) in [5, 5.41) is 59.8. The lowest BCUT2D eigenvalue weighted by Crippen LogP contribution is -2.68. The minimum atomic E-state index is -2.92. The second-order valence-electron chi connectivity index (χ2n) is 11.1. The molecule has 8 N–H and O–H groups in total. The minimum Gasteiger partial charge on any atom is -0.510 e. The van der Waals surface area contributed by atoms with Gasteiger partial charge in [0.25, 0.3) is 5.91 Å². The molecule has 4 rings (SSSR count). The summed E-state index contributed by atoms with van der Waals surface area (Å²) in [5.41, 5.74) is 1.87. The molecule has 1 aromatic rings. The predicted octanol–water partition coefficient (Wildman–Crippen LogP) is 0.398. The van der Waals surface area contributed by atoms with Gasteiger partial charge >= 0.3 is 0 Å². The molecule has 0 saturated heterocycles. The van der Waals surface area contributed by atoms with Crippen molar-refractivity contribution in [2.24, 2.45) is 23.5 Å².